The minimum absolute atomic E-state index is 0.446. The Bertz CT molecular complexity index is 970. The highest BCUT2D eigenvalue weighted by molar-refractivity contribution is 9.10. The highest BCUT2D eigenvalue weighted by Gasteiger charge is 2.27. The van der Waals surface area contributed by atoms with Crippen LogP contribution in [-0.4, -0.2) is 28.5 Å². The number of fused-ring (bicyclic) bond motifs is 3. The SMILES string of the molecule is COc1ccc(Br)c([C@H]2Nc3ccccc3-c3nnc(SC)nc3O2)c1. The first kappa shape index (κ1) is 17.1. The molecule has 1 atom stereocenters. The average Bonchev–Trinajstić information content (AvgIpc) is 2.84. The van der Waals surface area contributed by atoms with Crippen LogP contribution in [0.2, 0.25) is 0 Å². The molecule has 1 aliphatic rings. The number of hydrogen-bond acceptors (Lipinski definition) is 7. The van der Waals surface area contributed by atoms with Gasteiger partial charge in [-0.2, -0.15) is 4.98 Å². The summed E-state index contributed by atoms with van der Waals surface area (Å²) in [5.74, 6) is 1.19. The van der Waals surface area contributed by atoms with E-state index in [1.54, 1.807) is 7.11 Å². The van der Waals surface area contributed by atoms with Crippen LogP contribution >= 0.6 is 27.7 Å². The fourth-order valence-corrected chi connectivity index (χ4v) is 3.48. The van der Waals surface area contributed by atoms with Crippen LogP contribution in [-0.2, 0) is 0 Å². The number of halogens is 1. The molecule has 3 aromatic rings. The normalized spacial score (nSPS) is 15.1. The van der Waals surface area contributed by atoms with Crippen LogP contribution in [0.1, 0.15) is 11.8 Å². The second-order valence-corrected chi connectivity index (χ2v) is 7.16. The lowest BCUT2D eigenvalue weighted by Gasteiger charge is -2.21. The number of aromatic nitrogens is 3. The maximum absolute atomic E-state index is 6.22. The maximum Gasteiger partial charge on any atom is 0.247 e. The molecule has 0 spiro atoms. The zero-order valence-corrected chi connectivity index (χ0v) is 16.5. The van der Waals surface area contributed by atoms with Crippen molar-refractivity contribution in [2.45, 2.75) is 11.4 Å². The van der Waals surface area contributed by atoms with E-state index in [0.29, 0.717) is 16.7 Å². The highest BCUT2D eigenvalue weighted by atomic mass is 79.9. The average molecular weight is 431 g/mol. The first-order chi connectivity index (χ1) is 12.7. The van der Waals surface area contributed by atoms with E-state index in [-0.39, 0.29) is 0 Å². The van der Waals surface area contributed by atoms with E-state index in [0.717, 1.165) is 27.0 Å². The molecule has 132 valence electrons. The predicted molar refractivity (Wildman–Crippen MR) is 105 cm³/mol. The molecule has 0 bridgehead atoms. The summed E-state index contributed by atoms with van der Waals surface area (Å²) in [7, 11) is 1.64. The molecule has 2 aromatic carbocycles. The van der Waals surface area contributed by atoms with Crippen LogP contribution in [0.5, 0.6) is 11.6 Å². The van der Waals surface area contributed by atoms with E-state index in [4.69, 9.17) is 9.47 Å². The molecule has 0 aliphatic carbocycles. The lowest BCUT2D eigenvalue weighted by atomic mass is 10.1. The predicted octanol–water partition coefficient (Wildman–Crippen LogP) is 4.53. The van der Waals surface area contributed by atoms with Gasteiger partial charge >= 0.3 is 0 Å². The first-order valence-corrected chi connectivity index (χ1v) is 9.86. The number of thioether (sulfide) groups is 1. The third-order valence-corrected chi connectivity index (χ3v) is 5.26. The van der Waals surface area contributed by atoms with Gasteiger partial charge in [0.05, 0.1) is 7.11 Å². The van der Waals surface area contributed by atoms with Gasteiger partial charge in [-0.25, -0.2) is 0 Å². The van der Waals surface area contributed by atoms with Crippen molar-refractivity contribution in [2.75, 3.05) is 18.7 Å². The van der Waals surface area contributed by atoms with Gasteiger partial charge in [-0.05, 0) is 30.5 Å². The summed E-state index contributed by atoms with van der Waals surface area (Å²) >= 11 is 5.02. The first-order valence-electron chi connectivity index (χ1n) is 7.84. The number of nitrogens with one attached hydrogen (secondary N) is 1. The number of ether oxygens (including phenoxy) is 2. The van der Waals surface area contributed by atoms with Gasteiger partial charge in [0.1, 0.15) is 5.75 Å². The molecule has 6 nitrogen and oxygen atoms in total. The van der Waals surface area contributed by atoms with Crippen molar-refractivity contribution in [3.05, 3.63) is 52.5 Å². The Balaban J connectivity index is 1.87. The molecule has 1 N–H and O–H groups in total. The molecule has 4 rings (SSSR count). The van der Waals surface area contributed by atoms with Crippen LogP contribution in [0.3, 0.4) is 0 Å². The standard InChI is InChI=1S/C18H15BrN4O2S/c1-24-10-7-8-13(19)12(9-10)16-20-14-6-4-3-5-11(14)15-17(25-16)21-18(26-2)23-22-15/h3-9,16,20H,1-2H3/t16-/m0/s1. The second kappa shape index (κ2) is 7.13. The number of para-hydroxylation sites is 1. The Kier molecular flexibility index (Phi) is 4.69. The van der Waals surface area contributed by atoms with E-state index in [1.807, 2.05) is 48.7 Å². The minimum Gasteiger partial charge on any atom is -0.497 e. The van der Waals surface area contributed by atoms with E-state index in [9.17, 15) is 0 Å². The molecule has 0 saturated heterocycles. The van der Waals surface area contributed by atoms with Crippen molar-refractivity contribution in [1.82, 2.24) is 15.2 Å². The number of benzene rings is 2. The Labute approximate surface area is 163 Å². The molecule has 0 radical (unpaired) electrons. The number of rotatable bonds is 3. The Morgan fingerprint density at radius 3 is 2.85 bits per heavy atom. The summed E-state index contributed by atoms with van der Waals surface area (Å²) in [6.45, 7) is 0. The fourth-order valence-electron chi connectivity index (χ4n) is 2.72. The molecule has 0 unspecified atom stereocenters. The van der Waals surface area contributed by atoms with Gasteiger partial charge in [0, 0.05) is 21.3 Å². The summed E-state index contributed by atoms with van der Waals surface area (Å²) < 4.78 is 12.5. The zero-order chi connectivity index (χ0) is 18.1. The van der Waals surface area contributed by atoms with Gasteiger partial charge in [0.15, 0.2) is 11.9 Å². The smallest absolute Gasteiger partial charge is 0.247 e. The summed E-state index contributed by atoms with van der Waals surface area (Å²) in [4.78, 5) is 4.52. The molecule has 2 heterocycles. The van der Waals surface area contributed by atoms with Crippen molar-refractivity contribution in [1.29, 1.82) is 0 Å². The van der Waals surface area contributed by atoms with Crippen molar-refractivity contribution in [3.8, 4) is 22.9 Å². The second-order valence-electron chi connectivity index (χ2n) is 5.53. The van der Waals surface area contributed by atoms with Crippen molar-refractivity contribution in [3.63, 3.8) is 0 Å². The quantitative estimate of drug-likeness (QED) is 0.611. The zero-order valence-electron chi connectivity index (χ0n) is 14.1. The minimum atomic E-state index is -0.465. The van der Waals surface area contributed by atoms with E-state index in [2.05, 4.69) is 36.4 Å². The van der Waals surface area contributed by atoms with Crippen LogP contribution in [0, 0.1) is 0 Å². The highest BCUT2D eigenvalue weighted by Crippen LogP contribution is 2.41. The molecule has 8 heteroatoms. The van der Waals surface area contributed by atoms with Crippen molar-refractivity contribution in [2.24, 2.45) is 0 Å². The van der Waals surface area contributed by atoms with Crippen LogP contribution < -0.4 is 14.8 Å². The van der Waals surface area contributed by atoms with Crippen LogP contribution in [0.15, 0.2) is 52.1 Å². The van der Waals surface area contributed by atoms with E-state index >= 15 is 0 Å². The maximum atomic E-state index is 6.22. The van der Waals surface area contributed by atoms with E-state index < -0.39 is 6.23 Å². The van der Waals surface area contributed by atoms with Gasteiger partial charge in [-0.1, -0.05) is 45.9 Å². The molecule has 26 heavy (non-hydrogen) atoms. The summed E-state index contributed by atoms with van der Waals surface area (Å²) in [6, 6.07) is 13.6. The van der Waals surface area contributed by atoms with Crippen molar-refractivity contribution < 1.29 is 9.47 Å². The third kappa shape index (κ3) is 3.10. The molecule has 1 aliphatic heterocycles. The van der Waals surface area contributed by atoms with Crippen LogP contribution in [0.4, 0.5) is 5.69 Å². The fraction of sp³-hybridized carbons (Fsp3) is 0.167. The number of methoxy groups -OCH3 is 1. The molecule has 0 fully saturated rings. The summed E-state index contributed by atoms with van der Waals surface area (Å²) in [6.07, 6.45) is 1.44. The Morgan fingerprint density at radius 2 is 2.04 bits per heavy atom. The van der Waals surface area contributed by atoms with Gasteiger partial charge in [0.2, 0.25) is 11.0 Å². The van der Waals surface area contributed by atoms with Gasteiger partial charge in [-0.15, -0.1) is 10.2 Å². The monoisotopic (exact) mass is 430 g/mol. The van der Waals surface area contributed by atoms with Crippen LogP contribution in [0.25, 0.3) is 11.3 Å². The molecule has 0 amide bonds. The molecule has 1 aromatic heterocycles. The lowest BCUT2D eigenvalue weighted by Crippen LogP contribution is -2.17. The van der Waals surface area contributed by atoms with Gasteiger partial charge < -0.3 is 14.8 Å². The largest absolute Gasteiger partial charge is 0.497 e. The summed E-state index contributed by atoms with van der Waals surface area (Å²) in [5.41, 5.74) is 3.32. The number of anilines is 1. The number of hydrogen-bond donors (Lipinski definition) is 1. The Hall–Kier alpha value is -2.32. The third-order valence-electron chi connectivity index (χ3n) is 4.00. The molecular formula is C18H15BrN4O2S. The lowest BCUT2D eigenvalue weighted by molar-refractivity contribution is 0.224. The number of nitrogens with zero attached hydrogens (tertiary/aromatic N) is 3. The molecule has 0 saturated carbocycles. The van der Waals surface area contributed by atoms with Crippen molar-refractivity contribution >= 4 is 33.4 Å². The van der Waals surface area contributed by atoms with Gasteiger partial charge in [0.25, 0.3) is 0 Å². The van der Waals surface area contributed by atoms with E-state index in [1.165, 1.54) is 11.8 Å². The topological polar surface area (TPSA) is 69.2 Å². The summed E-state index contributed by atoms with van der Waals surface area (Å²) in [5, 5.41) is 12.5. The molecular weight excluding hydrogens is 416 g/mol. The van der Waals surface area contributed by atoms with Gasteiger partial charge in [-0.3, -0.25) is 0 Å². The Morgan fingerprint density at radius 1 is 1.19 bits per heavy atom.